The van der Waals surface area contributed by atoms with Crippen LogP contribution in [-0.2, 0) is 0 Å². The lowest BCUT2D eigenvalue weighted by Gasteiger charge is -2.26. The number of carboxylic acid groups (broad SMARTS) is 1. The number of nitrogens with one attached hydrogen (secondary N) is 1. The Morgan fingerprint density at radius 1 is 1.03 bits per heavy atom. The summed E-state index contributed by atoms with van der Waals surface area (Å²) in [5, 5.41) is 13.1. The molecule has 0 radical (unpaired) electrons. The molecule has 8 heteroatoms. The van der Waals surface area contributed by atoms with Gasteiger partial charge >= 0.3 is 5.97 Å². The van der Waals surface area contributed by atoms with Gasteiger partial charge in [-0.25, -0.2) is 4.79 Å². The fraction of sp³-hybridized carbons (Fsp3) is 0.0800. The van der Waals surface area contributed by atoms with Gasteiger partial charge in [-0.05, 0) is 72.9 Å². The highest BCUT2D eigenvalue weighted by atomic mass is 79.9. The van der Waals surface area contributed by atoms with E-state index in [4.69, 9.17) is 21.7 Å². The van der Waals surface area contributed by atoms with Crippen LogP contribution in [0.15, 0.2) is 93.9 Å². The van der Waals surface area contributed by atoms with Gasteiger partial charge in [-0.1, -0.05) is 34.1 Å². The van der Waals surface area contributed by atoms with E-state index in [2.05, 4.69) is 26.2 Å². The molecule has 2 aromatic heterocycles. The summed E-state index contributed by atoms with van der Waals surface area (Å²) in [6.45, 7) is 0. The van der Waals surface area contributed by atoms with E-state index in [-0.39, 0.29) is 17.6 Å². The van der Waals surface area contributed by atoms with Crippen molar-refractivity contribution in [2.75, 3.05) is 4.90 Å². The van der Waals surface area contributed by atoms with Crippen LogP contribution in [0.2, 0.25) is 0 Å². The van der Waals surface area contributed by atoms with Crippen LogP contribution >= 0.6 is 28.1 Å². The van der Waals surface area contributed by atoms with Crippen LogP contribution in [0.5, 0.6) is 0 Å². The lowest BCUT2D eigenvalue weighted by molar-refractivity contribution is 0.0697. The number of anilines is 1. The number of benzene rings is 2. The maximum absolute atomic E-state index is 11.2. The number of hydrogen-bond donors (Lipinski definition) is 2. The molecule has 1 aliphatic rings. The predicted octanol–water partition coefficient (Wildman–Crippen LogP) is 5.98. The summed E-state index contributed by atoms with van der Waals surface area (Å²) in [5.74, 6) is 0.407. The summed E-state index contributed by atoms with van der Waals surface area (Å²) in [7, 11) is 0. The number of aromatic carboxylic acids is 1. The molecule has 6 nitrogen and oxygen atoms in total. The number of carbonyl (C=O) groups is 1. The molecule has 3 heterocycles. The van der Waals surface area contributed by atoms with Crippen molar-refractivity contribution in [1.82, 2.24) is 10.3 Å². The van der Waals surface area contributed by atoms with Crippen molar-refractivity contribution in [2.24, 2.45) is 0 Å². The van der Waals surface area contributed by atoms with Crippen LogP contribution in [0.3, 0.4) is 0 Å². The maximum atomic E-state index is 11.2. The molecule has 164 valence electrons. The second-order valence-electron chi connectivity index (χ2n) is 7.56. The molecule has 33 heavy (non-hydrogen) atoms. The van der Waals surface area contributed by atoms with Gasteiger partial charge in [0.25, 0.3) is 0 Å². The second-order valence-corrected chi connectivity index (χ2v) is 8.86. The van der Waals surface area contributed by atoms with Gasteiger partial charge in [0.1, 0.15) is 17.6 Å². The number of carboxylic acids is 1. The number of halogens is 1. The van der Waals surface area contributed by atoms with Crippen LogP contribution in [0.25, 0.3) is 11.3 Å². The predicted molar refractivity (Wildman–Crippen MR) is 133 cm³/mol. The topological polar surface area (TPSA) is 78.6 Å². The fourth-order valence-corrected chi connectivity index (χ4v) is 4.58. The van der Waals surface area contributed by atoms with E-state index in [1.165, 1.54) is 0 Å². The first kappa shape index (κ1) is 21.4. The summed E-state index contributed by atoms with van der Waals surface area (Å²) in [4.78, 5) is 17.8. The van der Waals surface area contributed by atoms with Gasteiger partial charge in [-0.2, -0.15) is 0 Å². The first-order valence-electron chi connectivity index (χ1n) is 10.2. The Morgan fingerprint density at radius 3 is 2.45 bits per heavy atom. The first-order valence-corrected chi connectivity index (χ1v) is 11.4. The lowest BCUT2D eigenvalue weighted by Crippen LogP contribution is -2.29. The quantitative estimate of drug-likeness (QED) is 0.314. The SMILES string of the molecule is O=C(O)c1ccc(-c2ccc([C@H]3[C@H](c4ccccn4)NC(=S)N3c3ccc(Br)cc3)o2)cc1. The van der Waals surface area contributed by atoms with Crippen molar-refractivity contribution in [3.63, 3.8) is 0 Å². The molecule has 1 fully saturated rings. The summed E-state index contributed by atoms with van der Waals surface area (Å²) in [6, 6.07) is 23.7. The molecule has 5 rings (SSSR count). The molecule has 2 N–H and O–H groups in total. The molecule has 0 aliphatic carbocycles. The van der Waals surface area contributed by atoms with E-state index in [1.807, 2.05) is 59.5 Å². The number of furan rings is 1. The largest absolute Gasteiger partial charge is 0.478 e. The van der Waals surface area contributed by atoms with Gasteiger partial charge < -0.3 is 19.7 Å². The third-order valence-corrected chi connectivity index (χ3v) is 6.38. The third-order valence-electron chi connectivity index (χ3n) is 5.54. The number of thiocarbonyl (C=S) groups is 1. The smallest absolute Gasteiger partial charge is 0.335 e. The second kappa shape index (κ2) is 8.80. The molecule has 2 aromatic carbocycles. The monoisotopic (exact) mass is 519 g/mol. The fourth-order valence-electron chi connectivity index (χ4n) is 3.97. The normalized spacial score (nSPS) is 17.7. The summed E-state index contributed by atoms with van der Waals surface area (Å²) >= 11 is 9.22. The van der Waals surface area contributed by atoms with Crippen molar-refractivity contribution in [2.45, 2.75) is 12.1 Å². The highest BCUT2D eigenvalue weighted by Gasteiger charge is 2.42. The van der Waals surface area contributed by atoms with Crippen LogP contribution in [-0.4, -0.2) is 21.2 Å². The zero-order chi connectivity index (χ0) is 22.9. The Kier molecular flexibility index (Phi) is 5.70. The third kappa shape index (κ3) is 4.15. The minimum atomic E-state index is -0.962. The highest BCUT2D eigenvalue weighted by molar-refractivity contribution is 9.10. The molecular formula is C25H18BrN3O3S. The van der Waals surface area contributed by atoms with Crippen molar-refractivity contribution in [3.8, 4) is 11.3 Å². The van der Waals surface area contributed by atoms with Crippen LogP contribution < -0.4 is 10.2 Å². The van der Waals surface area contributed by atoms with E-state index in [0.29, 0.717) is 10.9 Å². The van der Waals surface area contributed by atoms with Crippen LogP contribution in [0.1, 0.15) is 33.9 Å². The van der Waals surface area contributed by atoms with E-state index in [0.717, 1.165) is 27.2 Å². The van der Waals surface area contributed by atoms with E-state index in [9.17, 15) is 4.79 Å². The molecule has 0 amide bonds. The molecule has 0 unspecified atom stereocenters. The minimum Gasteiger partial charge on any atom is -0.478 e. The lowest BCUT2D eigenvalue weighted by atomic mass is 10.0. The Morgan fingerprint density at radius 2 is 1.79 bits per heavy atom. The number of pyridine rings is 1. The van der Waals surface area contributed by atoms with Gasteiger partial charge in [0.05, 0.1) is 17.3 Å². The van der Waals surface area contributed by atoms with Gasteiger partial charge in [-0.3, -0.25) is 4.98 Å². The van der Waals surface area contributed by atoms with Gasteiger partial charge in [-0.15, -0.1) is 0 Å². The van der Waals surface area contributed by atoms with E-state index in [1.54, 1.807) is 30.5 Å². The van der Waals surface area contributed by atoms with Crippen molar-refractivity contribution >= 4 is 44.9 Å². The molecule has 2 atom stereocenters. The molecule has 1 aliphatic heterocycles. The number of nitrogens with zero attached hydrogens (tertiary/aromatic N) is 2. The molecule has 0 saturated carbocycles. The molecule has 0 spiro atoms. The number of hydrogen-bond acceptors (Lipinski definition) is 4. The van der Waals surface area contributed by atoms with Crippen molar-refractivity contribution in [1.29, 1.82) is 0 Å². The van der Waals surface area contributed by atoms with Crippen LogP contribution in [0, 0.1) is 0 Å². The van der Waals surface area contributed by atoms with Gasteiger partial charge in [0.2, 0.25) is 0 Å². The summed E-state index contributed by atoms with van der Waals surface area (Å²) in [6.07, 6.45) is 1.76. The average Bonchev–Trinajstić information content (AvgIpc) is 3.45. The Labute approximate surface area is 204 Å². The molecule has 0 bridgehead atoms. The zero-order valence-corrected chi connectivity index (χ0v) is 19.6. The summed E-state index contributed by atoms with van der Waals surface area (Å²) < 4.78 is 7.28. The highest BCUT2D eigenvalue weighted by Crippen LogP contribution is 2.43. The first-order chi connectivity index (χ1) is 16.0. The number of rotatable bonds is 5. The van der Waals surface area contributed by atoms with Gasteiger partial charge in [0.15, 0.2) is 5.11 Å². The van der Waals surface area contributed by atoms with Gasteiger partial charge in [0, 0.05) is 21.9 Å². The van der Waals surface area contributed by atoms with Crippen LogP contribution in [0.4, 0.5) is 5.69 Å². The maximum Gasteiger partial charge on any atom is 0.335 e. The summed E-state index contributed by atoms with van der Waals surface area (Å²) in [5.41, 5.74) is 2.81. The Hall–Kier alpha value is -3.49. The molecule has 1 saturated heterocycles. The zero-order valence-electron chi connectivity index (χ0n) is 17.2. The van der Waals surface area contributed by atoms with Crippen molar-refractivity contribution in [3.05, 3.63) is 107 Å². The Bertz CT molecular complexity index is 1310. The standard InChI is InChI=1S/C25H18BrN3O3S/c26-17-8-10-18(11-9-17)29-23(22(28-25(29)33)19-3-1-2-14-27-19)21-13-12-20(32-21)15-4-6-16(7-5-15)24(30)31/h1-14,22-23H,(H,28,33)(H,30,31)/t22-,23-/m0/s1. The average molecular weight is 520 g/mol. The molecular weight excluding hydrogens is 502 g/mol. The van der Waals surface area contributed by atoms with Crippen molar-refractivity contribution < 1.29 is 14.3 Å². The molecule has 4 aromatic rings. The number of aromatic nitrogens is 1. The Balaban J connectivity index is 1.56. The minimum absolute atomic E-state index is 0.212. The van der Waals surface area contributed by atoms with E-state index < -0.39 is 5.97 Å². The van der Waals surface area contributed by atoms with E-state index >= 15 is 0 Å².